The van der Waals surface area contributed by atoms with Crippen molar-refractivity contribution >= 4 is 40.2 Å². The predicted octanol–water partition coefficient (Wildman–Crippen LogP) is 3.56. The number of thiophene rings is 1. The largest absolute Gasteiger partial charge is 0.376 e. The number of nitrogens with one attached hydrogen (secondary N) is 4. The molecule has 0 atom stereocenters. The lowest BCUT2D eigenvalue weighted by Crippen LogP contribution is -2.33. The van der Waals surface area contributed by atoms with E-state index in [4.69, 9.17) is 5.11 Å². The van der Waals surface area contributed by atoms with Crippen molar-refractivity contribution in [1.29, 1.82) is 0 Å². The average Bonchev–Trinajstić information content (AvgIpc) is 3.59. The maximum atomic E-state index is 12.2. The number of carbonyl (C=O) groups is 1. The van der Waals surface area contributed by atoms with Crippen molar-refractivity contribution in [1.82, 2.24) is 19.6 Å². The average molecular weight is 474 g/mol. The Balaban J connectivity index is 0.000000291. The van der Waals surface area contributed by atoms with Crippen molar-refractivity contribution in [2.24, 2.45) is 0 Å². The fourth-order valence-corrected chi connectivity index (χ4v) is 3.69. The van der Waals surface area contributed by atoms with Gasteiger partial charge in [-0.3, -0.25) is 15.5 Å². The maximum Gasteiger partial charge on any atom is 0.275 e. The molecule has 172 valence electrons. The number of aliphatic hydroxyl groups is 1. The second kappa shape index (κ2) is 11.0. The zero-order valence-electron chi connectivity index (χ0n) is 18.4. The number of fused-ring (bicyclic) bond motifs is 3. The molecule has 3 aromatic heterocycles. The van der Waals surface area contributed by atoms with Crippen molar-refractivity contribution in [2.75, 3.05) is 22.8 Å². The Morgan fingerprint density at radius 1 is 1.32 bits per heavy atom. The van der Waals surface area contributed by atoms with Gasteiger partial charge < -0.3 is 15.4 Å². The first kappa shape index (κ1) is 22.8. The number of rotatable bonds is 4. The predicted molar refractivity (Wildman–Crippen MR) is 135 cm³/mol. The number of aliphatic hydroxyl groups excluding tert-OH is 1. The van der Waals surface area contributed by atoms with Gasteiger partial charge in [0, 0.05) is 29.8 Å². The number of anilines is 2. The molecule has 1 aromatic carbocycles. The Kier molecular flexibility index (Phi) is 7.39. The molecule has 0 bridgehead atoms. The van der Waals surface area contributed by atoms with E-state index >= 15 is 0 Å². The Bertz CT molecular complexity index is 1370. The molecular weight excluding hydrogens is 450 g/mol. The molecule has 34 heavy (non-hydrogen) atoms. The molecule has 4 aromatic rings. The number of H-pyrrole nitrogens is 1. The number of aryl methyl sites for hydroxylation is 1. The summed E-state index contributed by atoms with van der Waals surface area (Å²) in [6.45, 7) is 1.91. The van der Waals surface area contributed by atoms with Crippen LogP contribution in [0.2, 0.25) is 0 Å². The van der Waals surface area contributed by atoms with E-state index < -0.39 is 0 Å². The topological polar surface area (TPSA) is 120 Å². The third-order valence-corrected chi connectivity index (χ3v) is 5.39. The number of amides is 1. The van der Waals surface area contributed by atoms with Gasteiger partial charge in [-0.1, -0.05) is 36.1 Å². The van der Waals surface area contributed by atoms with E-state index in [9.17, 15) is 4.79 Å². The van der Waals surface area contributed by atoms with Gasteiger partial charge in [-0.15, -0.1) is 0 Å². The number of benzene rings is 1. The highest BCUT2D eigenvalue weighted by molar-refractivity contribution is 7.08. The fourth-order valence-electron chi connectivity index (χ4n) is 3.11. The number of aromatic amines is 1. The smallest absolute Gasteiger partial charge is 0.275 e. The van der Waals surface area contributed by atoms with E-state index in [1.807, 2.05) is 54.1 Å². The van der Waals surface area contributed by atoms with Crippen LogP contribution in [0.15, 0.2) is 71.3 Å². The summed E-state index contributed by atoms with van der Waals surface area (Å²) in [4.78, 5) is 23.3. The first-order valence-corrected chi connectivity index (χ1v) is 11.4. The molecule has 5 N–H and O–H groups in total. The lowest BCUT2D eigenvalue weighted by Gasteiger charge is -2.19. The van der Waals surface area contributed by atoms with E-state index in [-0.39, 0.29) is 12.6 Å². The minimum atomic E-state index is -0.209. The van der Waals surface area contributed by atoms with E-state index in [1.54, 1.807) is 34.5 Å². The highest BCUT2D eigenvalue weighted by Crippen LogP contribution is 2.24. The molecule has 1 aliphatic heterocycles. The second-order valence-corrected chi connectivity index (χ2v) is 7.86. The minimum Gasteiger partial charge on any atom is -0.376 e. The van der Waals surface area contributed by atoms with E-state index in [1.165, 1.54) is 0 Å². The number of nitrogens with zero attached hydrogens (tertiary/aromatic N) is 3. The second-order valence-electron chi connectivity index (χ2n) is 7.08. The number of allylic oxidation sites excluding steroid dienone is 3. The van der Waals surface area contributed by atoms with Crippen LogP contribution < -0.4 is 16.1 Å². The molecule has 1 amide bonds. The van der Waals surface area contributed by atoms with Crippen LogP contribution in [0.25, 0.3) is 11.0 Å². The molecule has 1 aliphatic rings. The molecule has 5 rings (SSSR count). The molecule has 0 radical (unpaired) electrons. The summed E-state index contributed by atoms with van der Waals surface area (Å²) in [7, 11) is 0. The summed E-state index contributed by atoms with van der Waals surface area (Å²) >= 11 is 1.63. The summed E-state index contributed by atoms with van der Waals surface area (Å²) in [5, 5.41) is 17.7. The first-order valence-electron chi connectivity index (χ1n) is 10.4. The van der Waals surface area contributed by atoms with Gasteiger partial charge >= 0.3 is 0 Å². The molecule has 9 nitrogen and oxygen atoms in total. The Morgan fingerprint density at radius 3 is 3.00 bits per heavy atom. The molecule has 0 saturated carbocycles. The van der Waals surface area contributed by atoms with Gasteiger partial charge in [0.25, 0.3) is 5.91 Å². The van der Waals surface area contributed by atoms with Gasteiger partial charge in [-0.2, -0.15) is 11.3 Å². The summed E-state index contributed by atoms with van der Waals surface area (Å²) in [6.07, 6.45) is 9.41. The van der Waals surface area contributed by atoms with Gasteiger partial charge in [0.15, 0.2) is 0 Å². The van der Waals surface area contributed by atoms with Crippen LogP contribution in [0.3, 0.4) is 0 Å². The Labute approximate surface area is 200 Å². The van der Waals surface area contributed by atoms with Gasteiger partial charge in [-0.25, -0.2) is 14.6 Å². The quantitative estimate of drug-likeness (QED) is 0.176. The van der Waals surface area contributed by atoms with E-state index in [2.05, 4.69) is 42.9 Å². The molecule has 0 unspecified atom stereocenters. The van der Waals surface area contributed by atoms with Crippen LogP contribution in [-0.2, 0) is 4.79 Å². The van der Waals surface area contributed by atoms with Crippen LogP contribution in [0, 0.1) is 18.8 Å². The zero-order chi connectivity index (χ0) is 23.8. The number of hydrogen-bond acceptors (Lipinski definition) is 7. The summed E-state index contributed by atoms with van der Waals surface area (Å²) in [6, 6.07) is 7.94. The van der Waals surface area contributed by atoms with Crippen molar-refractivity contribution in [3.05, 3.63) is 82.5 Å². The van der Waals surface area contributed by atoms with Crippen LogP contribution in [0.4, 0.5) is 11.9 Å². The summed E-state index contributed by atoms with van der Waals surface area (Å²) in [5.41, 5.74) is 7.48. The molecular formula is C24H23N7O2S. The standard InChI is InChI=1S/C20H16N4OS.C4H7N3O/c1-14-7-6-10-17-18(14)21-20-22-19(25)16(23-24(17)20)9-5-3-2-4-8-15-11-12-26-13-15;8-3-7-4-5-1-2-6-4/h3,5-7,9-13,23H,2H2,1H3,(H,21,22,25);1-2,8H,3H2,(H2,5,6,7)/b5-3-,16-9+;. The highest BCUT2D eigenvalue weighted by atomic mass is 32.1. The molecule has 0 spiro atoms. The number of para-hydroxylation sites is 1. The van der Waals surface area contributed by atoms with E-state index in [0.29, 0.717) is 24.0 Å². The number of aromatic nitrogens is 4. The van der Waals surface area contributed by atoms with Gasteiger partial charge in [0.1, 0.15) is 12.4 Å². The summed E-state index contributed by atoms with van der Waals surface area (Å²) < 4.78 is 1.79. The molecule has 4 heterocycles. The molecule has 0 fully saturated rings. The van der Waals surface area contributed by atoms with Crippen molar-refractivity contribution in [2.45, 2.75) is 13.3 Å². The Morgan fingerprint density at radius 2 is 2.24 bits per heavy atom. The Hall–Kier alpha value is -4.33. The molecule has 10 heteroatoms. The third-order valence-electron chi connectivity index (χ3n) is 4.71. The molecule has 0 saturated heterocycles. The first-order chi connectivity index (χ1) is 16.7. The highest BCUT2D eigenvalue weighted by Gasteiger charge is 2.22. The number of hydrogen-bond donors (Lipinski definition) is 5. The van der Waals surface area contributed by atoms with Crippen LogP contribution in [-0.4, -0.2) is 37.4 Å². The third kappa shape index (κ3) is 5.53. The zero-order valence-corrected chi connectivity index (χ0v) is 19.2. The molecule has 0 aliphatic carbocycles. The van der Waals surface area contributed by atoms with Gasteiger partial charge in [-0.05, 0) is 36.1 Å². The maximum absolute atomic E-state index is 12.2. The summed E-state index contributed by atoms with van der Waals surface area (Å²) in [5.74, 6) is 7.05. The van der Waals surface area contributed by atoms with Crippen molar-refractivity contribution < 1.29 is 9.90 Å². The lowest BCUT2D eigenvalue weighted by molar-refractivity contribution is -0.113. The van der Waals surface area contributed by atoms with Crippen LogP contribution in [0.1, 0.15) is 17.5 Å². The number of carbonyl (C=O) groups excluding carboxylic acids is 1. The lowest BCUT2D eigenvalue weighted by atomic mass is 10.2. The number of imidazole rings is 2. The minimum absolute atomic E-state index is 0.0898. The van der Waals surface area contributed by atoms with Gasteiger partial charge in [0.2, 0.25) is 11.9 Å². The van der Waals surface area contributed by atoms with Crippen molar-refractivity contribution in [3.8, 4) is 11.8 Å². The SMILES string of the molecule is Cc1cccc2c1nc1n2N/C(=C/C=C\CC#Cc2ccsc2)C(=O)N1.OCNc1ncc[nH]1. The normalized spacial score (nSPS) is 13.5. The monoisotopic (exact) mass is 473 g/mol. The van der Waals surface area contributed by atoms with E-state index in [0.717, 1.165) is 22.2 Å². The van der Waals surface area contributed by atoms with Gasteiger partial charge in [0.05, 0.1) is 11.0 Å². The fraction of sp³-hybridized carbons (Fsp3) is 0.125. The van der Waals surface area contributed by atoms with Crippen LogP contribution >= 0.6 is 11.3 Å². The van der Waals surface area contributed by atoms with Crippen LogP contribution in [0.5, 0.6) is 0 Å². The van der Waals surface area contributed by atoms with Crippen molar-refractivity contribution in [3.63, 3.8) is 0 Å².